The van der Waals surface area contributed by atoms with Gasteiger partial charge in [0.05, 0.1) is 29.2 Å². The minimum absolute atomic E-state index is 0.0986. The van der Waals surface area contributed by atoms with Crippen LogP contribution in [0.25, 0.3) is 11.1 Å². The van der Waals surface area contributed by atoms with Gasteiger partial charge in [-0.3, -0.25) is 9.59 Å². The average molecular weight is 514 g/mol. The van der Waals surface area contributed by atoms with Crippen LogP contribution in [0, 0.1) is 17.1 Å². The first-order valence-electron chi connectivity index (χ1n) is 10.7. The predicted octanol–water partition coefficient (Wildman–Crippen LogP) is 5.79. The van der Waals surface area contributed by atoms with E-state index in [2.05, 4.69) is 5.32 Å². The van der Waals surface area contributed by atoms with Crippen LogP contribution >= 0.6 is 23.2 Å². The summed E-state index contributed by atoms with van der Waals surface area (Å²) in [5.41, 5.74) is 1.29. The molecule has 3 aromatic carbocycles. The Morgan fingerprint density at radius 1 is 1.06 bits per heavy atom. The van der Waals surface area contributed by atoms with Crippen molar-refractivity contribution in [2.24, 2.45) is 0 Å². The van der Waals surface area contributed by atoms with E-state index in [0.29, 0.717) is 16.1 Å². The summed E-state index contributed by atoms with van der Waals surface area (Å²) in [7, 11) is 0. The van der Waals surface area contributed by atoms with Crippen molar-refractivity contribution in [2.45, 2.75) is 25.1 Å². The molecule has 2 amide bonds. The van der Waals surface area contributed by atoms with E-state index in [0.717, 1.165) is 4.90 Å². The van der Waals surface area contributed by atoms with E-state index in [9.17, 15) is 14.0 Å². The molecule has 1 heterocycles. The fourth-order valence-corrected chi connectivity index (χ4v) is 4.48. The molecule has 1 aliphatic heterocycles. The van der Waals surface area contributed by atoms with Crippen molar-refractivity contribution in [3.8, 4) is 17.2 Å². The normalized spacial score (nSPS) is 17.2. The highest BCUT2D eigenvalue weighted by Crippen LogP contribution is 2.33. The number of hydrogen-bond acceptors (Lipinski definition) is 3. The molecular formula is C26H19Cl2F2N3O2. The Morgan fingerprint density at radius 2 is 1.80 bits per heavy atom. The van der Waals surface area contributed by atoms with Crippen molar-refractivity contribution in [1.82, 2.24) is 4.90 Å². The fourth-order valence-electron chi connectivity index (χ4n) is 4.09. The number of alkyl halides is 1. The number of hydrogen-bond donors (Lipinski definition) is 1. The second-order valence-corrected chi connectivity index (χ2v) is 8.95. The number of nitrogens with one attached hydrogen (secondary N) is 1. The summed E-state index contributed by atoms with van der Waals surface area (Å²) >= 11 is 12.1. The minimum Gasteiger partial charge on any atom is -0.327 e. The van der Waals surface area contributed by atoms with Gasteiger partial charge in [-0.25, -0.2) is 8.78 Å². The maximum absolute atomic E-state index is 15.2. The lowest BCUT2D eigenvalue weighted by Crippen LogP contribution is -2.44. The number of halogens is 4. The van der Waals surface area contributed by atoms with Gasteiger partial charge in [0.2, 0.25) is 11.8 Å². The van der Waals surface area contributed by atoms with Crippen LogP contribution in [-0.4, -0.2) is 35.5 Å². The smallest absolute Gasteiger partial charge is 0.247 e. The van der Waals surface area contributed by atoms with Crippen LogP contribution in [0.2, 0.25) is 10.0 Å². The zero-order valence-corrected chi connectivity index (χ0v) is 19.8. The van der Waals surface area contributed by atoms with E-state index in [1.54, 1.807) is 36.4 Å². The van der Waals surface area contributed by atoms with Crippen LogP contribution < -0.4 is 5.32 Å². The Kier molecular flexibility index (Phi) is 7.34. The first-order valence-corrected chi connectivity index (χ1v) is 11.5. The van der Waals surface area contributed by atoms with Crippen molar-refractivity contribution in [2.75, 3.05) is 11.9 Å². The number of anilines is 1. The highest BCUT2D eigenvalue weighted by Gasteiger charge is 2.40. The number of carbonyl (C=O) groups excluding carboxylic acids is 2. The number of nitriles is 1. The van der Waals surface area contributed by atoms with Gasteiger partial charge in [-0.15, -0.1) is 0 Å². The van der Waals surface area contributed by atoms with Crippen molar-refractivity contribution in [3.63, 3.8) is 0 Å². The van der Waals surface area contributed by atoms with Crippen molar-refractivity contribution < 1.29 is 18.4 Å². The summed E-state index contributed by atoms with van der Waals surface area (Å²) in [5, 5.41) is 12.2. The highest BCUT2D eigenvalue weighted by molar-refractivity contribution is 6.33. The standard InChI is InChI=1S/C26H19Cl2F2N3O2/c27-20-9-8-15(10-16(20)13-31)11-24(34)33-14-17(29)12-23(33)26(35)32-22-7-3-5-19(25(22)30)18-4-1-2-6-21(18)28/h1-10,17,23H,11-12,14H2,(H,32,35). The fraction of sp³-hybridized carbons (Fsp3) is 0.192. The van der Waals surface area contributed by atoms with E-state index in [1.165, 1.54) is 24.3 Å². The van der Waals surface area contributed by atoms with Crippen LogP contribution in [0.15, 0.2) is 60.7 Å². The summed E-state index contributed by atoms with van der Waals surface area (Å²) in [5.74, 6) is -1.86. The van der Waals surface area contributed by atoms with Gasteiger partial charge in [-0.2, -0.15) is 5.26 Å². The summed E-state index contributed by atoms with van der Waals surface area (Å²) in [4.78, 5) is 27.1. The molecule has 1 N–H and O–H groups in total. The molecular weight excluding hydrogens is 495 g/mol. The zero-order chi connectivity index (χ0) is 25.1. The summed E-state index contributed by atoms with van der Waals surface area (Å²) in [6.45, 7) is -0.252. The van der Waals surface area contributed by atoms with Gasteiger partial charge in [-0.1, -0.05) is 59.6 Å². The summed E-state index contributed by atoms with van der Waals surface area (Å²) in [6.07, 6.45) is -1.74. The molecule has 4 rings (SSSR count). The maximum atomic E-state index is 15.2. The van der Waals surface area contributed by atoms with Gasteiger partial charge in [0, 0.05) is 22.6 Å². The third-order valence-corrected chi connectivity index (χ3v) is 6.46. The number of benzene rings is 3. The molecule has 2 unspecified atom stereocenters. The number of carbonyl (C=O) groups is 2. The second kappa shape index (κ2) is 10.4. The second-order valence-electron chi connectivity index (χ2n) is 8.13. The molecule has 9 heteroatoms. The zero-order valence-electron chi connectivity index (χ0n) is 18.3. The van der Waals surface area contributed by atoms with Gasteiger partial charge in [0.25, 0.3) is 0 Å². The van der Waals surface area contributed by atoms with Crippen LogP contribution in [0.1, 0.15) is 17.5 Å². The molecule has 0 bridgehead atoms. The Balaban J connectivity index is 1.53. The van der Waals surface area contributed by atoms with Crippen molar-refractivity contribution in [1.29, 1.82) is 5.26 Å². The summed E-state index contributed by atoms with van der Waals surface area (Å²) in [6, 6.07) is 16.6. The Hall–Kier alpha value is -3.47. The van der Waals surface area contributed by atoms with Crippen molar-refractivity contribution in [3.05, 3.63) is 87.7 Å². The third-order valence-electron chi connectivity index (χ3n) is 5.80. The minimum atomic E-state index is -1.39. The molecule has 0 radical (unpaired) electrons. The molecule has 3 aromatic rings. The van der Waals surface area contributed by atoms with Crippen LogP contribution in [-0.2, 0) is 16.0 Å². The molecule has 178 valence electrons. The van der Waals surface area contributed by atoms with Gasteiger partial charge in [0.1, 0.15) is 18.3 Å². The van der Waals surface area contributed by atoms with E-state index < -0.39 is 29.8 Å². The molecule has 0 aromatic heterocycles. The molecule has 0 aliphatic carbocycles. The third kappa shape index (κ3) is 5.29. The Bertz CT molecular complexity index is 1340. The quantitative estimate of drug-likeness (QED) is 0.469. The van der Waals surface area contributed by atoms with Gasteiger partial charge < -0.3 is 10.2 Å². The number of rotatable bonds is 5. The number of amides is 2. The lowest BCUT2D eigenvalue weighted by molar-refractivity contribution is -0.136. The van der Waals surface area contributed by atoms with Crippen LogP contribution in [0.3, 0.4) is 0 Å². The molecule has 1 fully saturated rings. The first-order chi connectivity index (χ1) is 16.8. The van der Waals surface area contributed by atoms with Gasteiger partial charge in [-0.05, 0) is 29.8 Å². The molecule has 2 atom stereocenters. The van der Waals surface area contributed by atoms with E-state index in [4.69, 9.17) is 28.5 Å². The van der Waals surface area contributed by atoms with Crippen LogP contribution in [0.5, 0.6) is 0 Å². The number of likely N-dealkylation sites (tertiary alicyclic amines) is 1. The van der Waals surface area contributed by atoms with E-state index >= 15 is 4.39 Å². The van der Waals surface area contributed by atoms with E-state index in [-0.39, 0.29) is 41.2 Å². The largest absolute Gasteiger partial charge is 0.327 e. The van der Waals surface area contributed by atoms with Gasteiger partial charge in [0.15, 0.2) is 5.82 Å². The molecule has 5 nitrogen and oxygen atoms in total. The van der Waals surface area contributed by atoms with E-state index in [1.807, 2.05) is 6.07 Å². The monoisotopic (exact) mass is 513 g/mol. The summed E-state index contributed by atoms with van der Waals surface area (Å²) < 4.78 is 29.5. The van der Waals surface area contributed by atoms with Gasteiger partial charge >= 0.3 is 0 Å². The molecule has 0 saturated carbocycles. The molecule has 0 spiro atoms. The average Bonchev–Trinajstić information content (AvgIpc) is 3.24. The topological polar surface area (TPSA) is 73.2 Å². The number of nitrogens with zero attached hydrogens (tertiary/aromatic N) is 2. The SMILES string of the molecule is N#Cc1cc(CC(=O)N2CC(F)CC2C(=O)Nc2cccc(-c3ccccc3Cl)c2F)ccc1Cl. The maximum Gasteiger partial charge on any atom is 0.247 e. The predicted molar refractivity (Wildman–Crippen MR) is 130 cm³/mol. The Labute approximate surface area is 210 Å². The molecule has 1 saturated heterocycles. The van der Waals surface area contributed by atoms with Crippen molar-refractivity contribution >= 4 is 40.7 Å². The van der Waals surface area contributed by atoms with Crippen LogP contribution in [0.4, 0.5) is 14.5 Å². The lowest BCUT2D eigenvalue weighted by atomic mass is 10.0. The lowest BCUT2D eigenvalue weighted by Gasteiger charge is -2.24. The molecule has 35 heavy (non-hydrogen) atoms. The first kappa shape index (κ1) is 24.6. The Morgan fingerprint density at radius 3 is 2.54 bits per heavy atom. The molecule has 1 aliphatic rings. The highest BCUT2D eigenvalue weighted by atomic mass is 35.5.